The SMILES string of the molecule is O=C(NCCC1CCCO1)c1cc([N+](=O)[O-])cnc1Cl. The summed E-state index contributed by atoms with van der Waals surface area (Å²) in [5.74, 6) is -0.468. The molecule has 1 aromatic rings. The van der Waals surface area contributed by atoms with Crippen LogP contribution in [0.25, 0.3) is 0 Å². The van der Waals surface area contributed by atoms with Crippen LogP contribution in [-0.4, -0.2) is 35.1 Å². The number of nitro groups is 1. The minimum absolute atomic E-state index is 0.00760. The summed E-state index contributed by atoms with van der Waals surface area (Å²) in [4.78, 5) is 25.6. The summed E-state index contributed by atoms with van der Waals surface area (Å²) in [7, 11) is 0. The van der Waals surface area contributed by atoms with E-state index in [0.29, 0.717) is 13.0 Å². The summed E-state index contributed by atoms with van der Waals surface area (Å²) in [5.41, 5.74) is -0.258. The van der Waals surface area contributed by atoms with Gasteiger partial charge >= 0.3 is 0 Å². The largest absolute Gasteiger partial charge is 0.378 e. The molecule has 1 N–H and O–H groups in total. The number of hydrogen-bond donors (Lipinski definition) is 1. The van der Waals surface area contributed by atoms with Crippen molar-refractivity contribution in [2.45, 2.75) is 25.4 Å². The molecule has 20 heavy (non-hydrogen) atoms. The van der Waals surface area contributed by atoms with Crippen LogP contribution in [0.15, 0.2) is 12.3 Å². The van der Waals surface area contributed by atoms with Crippen molar-refractivity contribution in [3.8, 4) is 0 Å². The predicted octanol–water partition coefficient (Wildman–Crippen LogP) is 1.94. The highest BCUT2D eigenvalue weighted by molar-refractivity contribution is 6.32. The minimum Gasteiger partial charge on any atom is -0.378 e. The van der Waals surface area contributed by atoms with E-state index in [0.717, 1.165) is 31.7 Å². The predicted molar refractivity (Wildman–Crippen MR) is 71.8 cm³/mol. The average Bonchev–Trinajstić information content (AvgIpc) is 2.92. The zero-order valence-corrected chi connectivity index (χ0v) is 11.4. The van der Waals surface area contributed by atoms with Crippen molar-refractivity contribution < 1.29 is 14.5 Å². The van der Waals surface area contributed by atoms with Gasteiger partial charge in [-0.1, -0.05) is 11.6 Å². The lowest BCUT2D eigenvalue weighted by atomic mass is 10.2. The van der Waals surface area contributed by atoms with Crippen LogP contribution in [0.2, 0.25) is 5.15 Å². The Morgan fingerprint density at radius 3 is 3.10 bits per heavy atom. The van der Waals surface area contributed by atoms with Gasteiger partial charge in [-0.05, 0) is 19.3 Å². The molecule has 0 aromatic carbocycles. The molecule has 0 radical (unpaired) electrons. The number of halogens is 1. The quantitative estimate of drug-likeness (QED) is 0.509. The molecule has 1 aromatic heterocycles. The highest BCUT2D eigenvalue weighted by Gasteiger charge is 2.18. The highest BCUT2D eigenvalue weighted by Crippen LogP contribution is 2.19. The third kappa shape index (κ3) is 3.64. The van der Waals surface area contributed by atoms with Crippen molar-refractivity contribution in [3.05, 3.63) is 33.1 Å². The van der Waals surface area contributed by atoms with Gasteiger partial charge in [-0.25, -0.2) is 4.98 Å². The van der Waals surface area contributed by atoms with Gasteiger partial charge < -0.3 is 10.1 Å². The lowest BCUT2D eigenvalue weighted by Gasteiger charge is -2.10. The van der Waals surface area contributed by atoms with E-state index in [1.807, 2.05) is 0 Å². The molecule has 0 spiro atoms. The number of carbonyl (C=O) groups excluding carboxylic acids is 1. The molecule has 1 atom stereocenters. The van der Waals surface area contributed by atoms with E-state index in [4.69, 9.17) is 16.3 Å². The van der Waals surface area contributed by atoms with Crippen LogP contribution in [0.3, 0.4) is 0 Å². The van der Waals surface area contributed by atoms with E-state index in [1.165, 1.54) is 0 Å². The van der Waals surface area contributed by atoms with Gasteiger partial charge in [-0.2, -0.15) is 0 Å². The average molecular weight is 300 g/mol. The lowest BCUT2D eigenvalue weighted by molar-refractivity contribution is -0.385. The topological polar surface area (TPSA) is 94.4 Å². The third-order valence-electron chi connectivity index (χ3n) is 3.06. The number of pyridine rings is 1. The summed E-state index contributed by atoms with van der Waals surface area (Å²) in [5, 5.41) is 13.3. The molecule has 1 aliphatic rings. The molecule has 7 nitrogen and oxygen atoms in total. The molecule has 1 fully saturated rings. The van der Waals surface area contributed by atoms with Gasteiger partial charge in [0.05, 0.1) is 16.6 Å². The van der Waals surface area contributed by atoms with Crippen LogP contribution in [-0.2, 0) is 4.74 Å². The normalized spacial score (nSPS) is 17.9. The zero-order valence-electron chi connectivity index (χ0n) is 10.7. The summed E-state index contributed by atoms with van der Waals surface area (Å²) in [6.45, 7) is 1.20. The van der Waals surface area contributed by atoms with Crippen LogP contribution >= 0.6 is 11.6 Å². The van der Waals surface area contributed by atoms with Crippen molar-refractivity contribution in [1.82, 2.24) is 10.3 Å². The molecule has 0 aliphatic carbocycles. The van der Waals surface area contributed by atoms with Crippen molar-refractivity contribution in [2.75, 3.05) is 13.2 Å². The molecule has 1 amide bonds. The monoisotopic (exact) mass is 299 g/mol. The summed E-state index contributed by atoms with van der Waals surface area (Å²) >= 11 is 5.78. The van der Waals surface area contributed by atoms with Crippen molar-refractivity contribution in [1.29, 1.82) is 0 Å². The van der Waals surface area contributed by atoms with Gasteiger partial charge in [0.15, 0.2) is 0 Å². The van der Waals surface area contributed by atoms with Crippen molar-refractivity contribution >= 4 is 23.2 Å². The van der Waals surface area contributed by atoms with Gasteiger partial charge in [0.1, 0.15) is 11.3 Å². The second kappa shape index (κ2) is 6.62. The maximum atomic E-state index is 11.9. The number of nitrogens with zero attached hydrogens (tertiary/aromatic N) is 2. The Hall–Kier alpha value is -1.73. The Morgan fingerprint density at radius 2 is 2.45 bits per heavy atom. The number of aromatic nitrogens is 1. The first-order chi connectivity index (χ1) is 9.58. The number of amides is 1. The first-order valence-corrected chi connectivity index (χ1v) is 6.65. The summed E-state index contributed by atoms with van der Waals surface area (Å²) in [6.07, 6.45) is 3.94. The van der Waals surface area contributed by atoms with Crippen LogP contribution in [0.4, 0.5) is 5.69 Å². The molecule has 1 saturated heterocycles. The standard InChI is InChI=1S/C12H14ClN3O4/c13-11-10(6-8(7-15-11)16(18)19)12(17)14-4-3-9-2-1-5-20-9/h6-7,9H,1-5H2,(H,14,17). The molecule has 1 unspecified atom stereocenters. The van der Waals surface area contributed by atoms with E-state index in [2.05, 4.69) is 10.3 Å². The zero-order chi connectivity index (χ0) is 14.5. The summed E-state index contributed by atoms with van der Waals surface area (Å²) in [6, 6.07) is 1.12. The summed E-state index contributed by atoms with van der Waals surface area (Å²) < 4.78 is 5.44. The fraction of sp³-hybridized carbons (Fsp3) is 0.500. The molecule has 0 saturated carbocycles. The van der Waals surface area contributed by atoms with E-state index in [1.54, 1.807) is 0 Å². The van der Waals surface area contributed by atoms with Crippen molar-refractivity contribution in [2.24, 2.45) is 0 Å². The van der Waals surface area contributed by atoms with Crippen molar-refractivity contribution in [3.63, 3.8) is 0 Å². The van der Waals surface area contributed by atoms with E-state index in [9.17, 15) is 14.9 Å². The van der Waals surface area contributed by atoms with Gasteiger partial charge in [0, 0.05) is 19.2 Å². The van der Waals surface area contributed by atoms with Gasteiger partial charge in [-0.3, -0.25) is 14.9 Å². The Bertz CT molecular complexity index is 517. The molecule has 8 heteroatoms. The van der Waals surface area contributed by atoms with Gasteiger partial charge in [0.2, 0.25) is 0 Å². The highest BCUT2D eigenvalue weighted by atomic mass is 35.5. The fourth-order valence-electron chi connectivity index (χ4n) is 2.01. The van der Waals surface area contributed by atoms with E-state index < -0.39 is 10.8 Å². The van der Waals surface area contributed by atoms with Crippen LogP contribution in [0.1, 0.15) is 29.6 Å². The Kier molecular flexibility index (Phi) is 4.86. The molecule has 2 heterocycles. The molecular formula is C12H14ClN3O4. The number of rotatable bonds is 5. The molecule has 2 rings (SSSR count). The fourth-order valence-corrected chi connectivity index (χ4v) is 2.20. The maximum Gasteiger partial charge on any atom is 0.288 e. The third-order valence-corrected chi connectivity index (χ3v) is 3.36. The molecule has 0 bridgehead atoms. The van der Waals surface area contributed by atoms with Gasteiger partial charge in [0.25, 0.3) is 11.6 Å². The molecular weight excluding hydrogens is 286 g/mol. The first kappa shape index (κ1) is 14.7. The number of ether oxygens (including phenoxy) is 1. The van der Waals surface area contributed by atoms with E-state index >= 15 is 0 Å². The molecule has 108 valence electrons. The van der Waals surface area contributed by atoms with Crippen LogP contribution in [0, 0.1) is 10.1 Å². The number of hydrogen-bond acceptors (Lipinski definition) is 5. The Balaban J connectivity index is 1.94. The number of carbonyl (C=O) groups is 1. The first-order valence-electron chi connectivity index (χ1n) is 6.27. The van der Waals surface area contributed by atoms with E-state index in [-0.39, 0.29) is 22.5 Å². The molecule has 1 aliphatic heterocycles. The minimum atomic E-state index is -0.619. The lowest BCUT2D eigenvalue weighted by Crippen LogP contribution is -2.27. The smallest absolute Gasteiger partial charge is 0.288 e. The Labute approximate surface area is 120 Å². The second-order valence-corrected chi connectivity index (χ2v) is 4.83. The maximum absolute atomic E-state index is 11.9. The van der Waals surface area contributed by atoms with Crippen LogP contribution in [0.5, 0.6) is 0 Å². The Morgan fingerprint density at radius 1 is 1.65 bits per heavy atom. The number of nitrogens with one attached hydrogen (secondary N) is 1. The van der Waals surface area contributed by atoms with Crippen LogP contribution < -0.4 is 5.32 Å². The second-order valence-electron chi connectivity index (χ2n) is 4.47. The van der Waals surface area contributed by atoms with Gasteiger partial charge in [-0.15, -0.1) is 0 Å².